The van der Waals surface area contributed by atoms with Gasteiger partial charge in [0.2, 0.25) is 5.91 Å². The molecule has 0 saturated heterocycles. The Morgan fingerprint density at radius 1 is 0.971 bits per heavy atom. The van der Waals surface area contributed by atoms with Gasteiger partial charge in [0.25, 0.3) is 5.91 Å². The molecule has 2 aromatic carbocycles. The number of nitrogens with zero attached hydrogens (tertiary/aromatic N) is 1. The molecule has 0 bridgehead atoms. The second-order valence-corrected chi connectivity index (χ2v) is 8.14. The van der Waals surface area contributed by atoms with Crippen molar-refractivity contribution in [3.8, 4) is 11.5 Å². The molecule has 35 heavy (non-hydrogen) atoms. The number of rotatable bonds is 10. The van der Waals surface area contributed by atoms with E-state index in [1.807, 2.05) is 12.1 Å². The summed E-state index contributed by atoms with van der Waals surface area (Å²) in [4.78, 5) is 29.2. The summed E-state index contributed by atoms with van der Waals surface area (Å²) in [6.07, 6.45) is 3.36. The van der Waals surface area contributed by atoms with Crippen molar-refractivity contribution in [1.82, 2.24) is 15.6 Å². The SMILES string of the molecule is COc1cc(CNC(=O)[C@@H](NC(=O)c2c(F)cccc2F)C(C)C)ccc1OCc1ccncc1. The Morgan fingerprint density at radius 2 is 1.66 bits per heavy atom. The highest BCUT2D eigenvalue weighted by Gasteiger charge is 2.27. The predicted molar refractivity (Wildman–Crippen MR) is 126 cm³/mol. The summed E-state index contributed by atoms with van der Waals surface area (Å²) in [6.45, 7) is 3.93. The molecule has 0 radical (unpaired) electrons. The Morgan fingerprint density at radius 3 is 2.29 bits per heavy atom. The maximum absolute atomic E-state index is 14.0. The van der Waals surface area contributed by atoms with E-state index < -0.39 is 35.1 Å². The zero-order valence-corrected chi connectivity index (χ0v) is 19.7. The van der Waals surface area contributed by atoms with Crippen LogP contribution in [0, 0.1) is 17.6 Å². The molecule has 0 saturated carbocycles. The van der Waals surface area contributed by atoms with Crippen LogP contribution in [0.25, 0.3) is 0 Å². The number of carbonyl (C=O) groups excluding carboxylic acids is 2. The van der Waals surface area contributed by atoms with Crippen molar-refractivity contribution in [3.05, 3.63) is 89.2 Å². The zero-order chi connectivity index (χ0) is 25.4. The maximum Gasteiger partial charge on any atom is 0.257 e. The van der Waals surface area contributed by atoms with Crippen LogP contribution in [0.3, 0.4) is 0 Å². The monoisotopic (exact) mass is 483 g/mol. The minimum Gasteiger partial charge on any atom is -0.493 e. The molecule has 184 valence electrons. The van der Waals surface area contributed by atoms with Crippen LogP contribution in [-0.4, -0.2) is 29.9 Å². The standard InChI is InChI=1S/C26H27F2N3O4/c1-16(2)24(31-25(32)23-19(27)5-4-6-20(23)28)26(33)30-14-18-7-8-21(22(13-18)34-3)35-15-17-9-11-29-12-10-17/h4-13,16,24H,14-15H2,1-3H3,(H,30,33)(H,31,32)/t24-/m0/s1. The molecule has 9 heteroatoms. The minimum absolute atomic E-state index is 0.146. The topological polar surface area (TPSA) is 89.6 Å². The molecular weight excluding hydrogens is 456 g/mol. The lowest BCUT2D eigenvalue weighted by atomic mass is 10.0. The van der Waals surface area contributed by atoms with Gasteiger partial charge in [-0.3, -0.25) is 14.6 Å². The number of halogens is 2. The molecule has 2 N–H and O–H groups in total. The van der Waals surface area contributed by atoms with E-state index in [1.165, 1.54) is 7.11 Å². The van der Waals surface area contributed by atoms with E-state index in [9.17, 15) is 18.4 Å². The van der Waals surface area contributed by atoms with E-state index >= 15 is 0 Å². The largest absolute Gasteiger partial charge is 0.493 e. The first kappa shape index (κ1) is 25.6. The molecular formula is C26H27F2N3O4. The highest BCUT2D eigenvalue weighted by atomic mass is 19.1. The Bertz CT molecular complexity index is 1150. The Hall–Kier alpha value is -4.01. The van der Waals surface area contributed by atoms with Crippen LogP contribution in [0.5, 0.6) is 11.5 Å². The molecule has 0 spiro atoms. The van der Waals surface area contributed by atoms with Crippen molar-refractivity contribution in [2.75, 3.05) is 7.11 Å². The van der Waals surface area contributed by atoms with E-state index in [-0.39, 0.29) is 12.5 Å². The number of ether oxygens (including phenoxy) is 2. The van der Waals surface area contributed by atoms with Crippen molar-refractivity contribution >= 4 is 11.8 Å². The van der Waals surface area contributed by atoms with Crippen LogP contribution in [0.15, 0.2) is 60.9 Å². The number of nitrogens with one attached hydrogen (secondary N) is 2. The lowest BCUT2D eigenvalue weighted by Gasteiger charge is -2.22. The van der Waals surface area contributed by atoms with Crippen LogP contribution in [0.4, 0.5) is 8.78 Å². The van der Waals surface area contributed by atoms with Crippen molar-refractivity contribution in [2.45, 2.75) is 33.0 Å². The number of hydrogen-bond acceptors (Lipinski definition) is 5. The van der Waals surface area contributed by atoms with Crippen LogP contribution in [0.2, 0.25) is 0 Å². The molecule has 3 rings (SSSR count). The molecule has 0 unspecified atom stereocenters. The average Bonchev–Trinajstić information content (AvgIpc) is 2.85. The molecule has 7 nitrogen and oxygen atoms in total. The third kappa shape index (κ3) is 6.75. The summed E-state index contributed by atoms with van der Waals surface area (Å²) < 4.78 is 39.1. The third-order valence-corrected chi connectivity index (χ3v) is 5.26. The van der Waals surface area contributed by atoms with Gasteiger partial charge in [0, 0.05) is 18.9 Å². The van der Waals surface area contributed by atoms with E-state index in [1.54, 1.807) is 44.4 Å². The van der Waals surface area contributed by atoms with Gasteiger partial charge in [-0.05, 0) is 53.4 Å². The van der Waals surface area contributed by atoms with E-state index in [4.69, 9.17) is 9.47 Å². The molecule has 3 aromatic rings. The molecule has 0 fully saturated rings. The summed E-state index contributed by atoms with van der Waals surface area (Å²) in [7, 11) is 1.52. The van der Waals surface area contributed by atoms with Gasteiger partial charge < -0.3 is 20.1 Å². The van der Waals surface area contributed by atoms with Crippen LogP contribution >= 0.6 is 0 Å². The van der Waals surface area contributed by atoms with Gasteiger partial charge in [-0.2, -0.15) is 0 Å². The average molecular weight is 484 g/mol. The maximum atomic E-state index is 14.0. The highest BCUT2D eigenvalue weighted by Crippen LogP contribution is 2.29. The number of aromatic nitrogens is 1. The smallest absolute Gasteiger partial charge is 0.257 e. The summed E-state index contributed by atoms with van der Waals surface area (Å²) in [5.41, 5.74) is 0.967. The van der Waals surface area contributed by atoms with Crippen LogP contribution in [-0.2, 0) is 17.9 Å². The van der Waals surface area contributed by atoms with Gasteiger partial charge in [-0.15, -0.1) is 0 Å². The number of methoxy groups -OCH3 is 1. The molecule has 0 aliphatic heterocycles. The lowest BCUT2D eigenvalue weighted by Crippen LogP contribution is -2.49. The first-order valence-corrected chi connectivity index (χ1v) is 11.0. The minimum atomic E-state index is -0.997. The summed E-state index contributed by atoms with van der Waals surface area (Å²) in [6, 6.07) is 11.1. The molecule has 1 aromatic heterocycles. The summed E-state index contributed by atoms with van der Waals surface area (Å²) in [5.74, 6) is -2.76. The highest BCUT2D eigenvalue weighted by molar-refractivity contribution is 5.98. The van der Waals surface area contributed by atoms with Crippen molar-refractivity contribution in [1.29, 1.82) is 0 Å². The number of pyridine rings is 1. The van der Waals surface area contributed by atoms with Crippen molar-refractivity contribution in [3.63, 3.8) is 0 Å². The number of benzene rings is 2. The molecule has 0 aliphatic rings. The molecule has 0 aliphatic carbocycles. The van der Waals surface area contributed by atoms with E-state index in [0.717, 1.165) is 29.3 Å². The Balaban J connectivity index is 1.63. The van der Waals surface area contributed by atoms with Gasteiger partial charge in [-0.25, -0.2) is 8.78 Å². The van der Waals surface area contributed by atoms with Gasteiger partial charge in [0.05, 0.1) is 7.11 Å². The van der Waals surface area contributed by atoms with Crippen LogP contribution in [0.1, 0.15) is 35.3 Å². The zero-order valence-electron chi connectivity index (χ0n) is 19.7. The lowest BCUT2D eigenvalue weighted by molar-refractivity contribution is -0.124. The fourth-order valence-electron chi connectivity index (χ4n) is 3.34. The predicted octanol–water partition coefficient (Wildman–Crippen LogP) is 4.02. The molecule has 1 atom stereocenters. The summed E-state index contributed by atoms with van der Waals surface area (Å²) >= 11 is 0. The van der Waals surface area contributed by atoms with Crippen LogP contribution < -0.4 is 20.1 Å². The molecule has 2 amide bonds. The normalized spacial score (nSPS) is 11.6. The first-order chi connectivity index (χ1) is 16.8. The summed E-state index contributed by atoms with van der Waals surface area (Å²) in [5, 5.41) is 5.18. The van der Waals surface area contributed by atoms with E-state index in [0.29, 0.717) is 18.1 Å². The number of carbonyl (C=O) groups is 2. The van der Waals surface area contributed by atoms with Gasteiger partial charge in [-0.1, -0.05) is 26.0 Å². The fraction of sp³-hybridized carbons (Fsp3) is 0.269. The van der Waals surface area contributed by atoms with Crippen molar-refractivity contribution < 1.29 is 27.8 Å². The first-order valence-electron chi connectivity index (χ1n) is 11.0. The third-order valence-electron chi connectivity index (χ3n) is 5.26. The van der Waals surface area contributed by atoms with Gasteiger partial charge in [0.1, 0.15) is 29.8 Å². The molecule has 1 heterocycles. The van der Waals surface area contributed by atoms with Crippen molar-refractivity contribution in [2.24, 2.45) is 5.92 Å². The van der Waals surface area contributed by atoms with Gasteiger partial charge in [0.15, 0.2) is 11.5 Å². The number of hydrogen-bond donors (Lipinski definition) is 2. The fourth-order valence-corrected chi connectivity index (χ4v) is 3.34. The van der Waals surface area contributed by atoms with E-state index in [2.05, 4.69) is 15.6 Å². The second-order valence-electron chi connectivity index (χ2n) is 8.14. The van der Waals surface area contributed by atoms with Gasteiger partial charge >= 0.3 is 0 Å². The Labute approximate surface area is 202 Å². The second kappa shape index (κ2) is 11.9. The Kier molecular flexibility index (Phi) is 8.72. The quantitative estimate of drug-likeness (QED) is 0.455. The number of amides is 2.